The maximum Gasteiger partial charge on any atom is 0.258 e. The minimum Gasteiger partial charge on any atom is -0.497 e. The van der Waals surface area contributed by atoms with E-state index in [9.17, 15) is 4.79 Å². The Morgan fingerprint density at radius 3 is 2.46 bits per heavy atom. The lowest BCUT2D eigenvalue weighted by Gasteiger charge is -2.10. The molecule has 5 nitrogen and oxygen atoms in total. The minimum atomic E-state index is -0.171. The maximum atomic E-state index is 11.8. The molecule has 1 N–H and O–H groups in total. The van der Waals surface area contributed by atoms with Crippen LogP contribution in [0.2, 0.25) is 0 Å². The predicted molar refractivity (Wildman–Crippen MR) is 92.8 cm³/mol. The molecular weight excluding hydrogens is 306 g/mol. The second-order valence-electron chi connectivity index (χ2n) is 5.16. The normalized spacial score (nSPS) is 10.1. The summed E-state index contributed by atoms with van der Waals surface area (Å²) in [6.07, 6.45) is 0.937. The molecule has 0 saturated heterocycles. The van der Waals surface area contributed by atoms with Crippen molar-refractivity contribution >= 4 is 5.91 Å². The Morgan fingerprint density at radius 1 is 1.00 bits per heavy atom. The topological polar surface area (TPSA) is 56.8 Å². The Bertz CT molecular complexity index is 640. The van der Waals surface area contributed by atoms with Crippen LogP contribution in [0.3, 0.4) is 0 Å². The number of nitrogens with one attached hydrogen (secondary N) is 1. The maximum absolute atomic E-state index is 11.8. The summed E-state index contributed by atoms with van der Waals surface area (Å²) in [6.45, 7) is 2.89. The van der Waals surface area contributed by atoms with Crippen LogP contribution in [-0.4, -0.2) is 32.8 Å². The van der Waals surface area contributed by atoms with Crippen molar-refractivity contribution in [1.29, 1.82) is 0 Å². The van der Waals surface area contributed by atoms with Crippen molar-refractivity contribution in [2.45, 2.75) is 13.3 Å². The molecule has 0 aliphatic carbocycles. The van der Waals surface area contributed by atoms with Gasteiger partial charge in [0.1, 0.15) is 23.9 Å². The third kappa shape index (κ3) is 5.83. The number of aryl methyl sites for hydroxylation is 1. The van der Waals surface area contributed by atoms with E-state index >= 15 is 0 Å². The Morgan fingerprint density at radius 2 is 1.75 bits per heavy atom. The van der Waals surface area contributed by atoms with Crippen molar-refractivity contribution in [2.24, 2.45) is 0 Å². The third-order valence-electron chi connectivity index (χ3n) is 3.43. The Kier molecular flexibility index (Phi) is 6.95. The fourth-order valence-electron chi connectivity index (χ4n) is 2.09. The molecule has 2 aromatic rings. The molecule has 0 atom stereocenters. The van der Waals surface area contributed by atoms with Crippen molar-refractivity contribution < 1.29 is 19.0 Å². The molecular formula is C19H23NO4. The molecule has 0 aliphatic rings. The van der Waals surface area contributed by atoms with Gasteiger partial charge >= 0.3 is 0 Å². The fourth-order valence-corrected chi connectivity index (χ4v) is 2.09. The number of hydrogen-bond donors (Lipinski definition) is 1. The van der Waals surface area contributed by atoms with Crippen molar-refractivity contribution in [3.63, 3.8) is 0 Å². The lowest BCUT2D eigenvalue weighted by Crippen LogP contribution is -2.32. The van der Waals surface area contributed by atoms with Crippen LogP contribution >= 0.6 is 0 Å². The monoisotopic (exact) mass is 329 g/mol. The van der Waals surface area contributed by atoms with Crippen LogP contribution in [0.5, 0.6) is 17.2 Å². The first-order valence-electron chi connectivity index (χ1n) is 7.96. The Hall–Kier alpha value is -2.69. The van der Waals surface area contributed by atoms with Crippen LogP contribution < -0.4 is 19.5 Å². The highest BCUT2D eigenvalue weighted by Gasteiger charge is 2.03. The first kappa shape index (κ1) is 17.7. The van der Waals surface area contributed by atoms with E-state index in [1.54, 1.807) is 7.11 Å². The van der Waals surface area contributed by atoms with Gasteiger partial charge in [-0.05, 0) is 48.4 Å². The van der Waals surface area contributed by atoms with Gasteiger partial charge in [0.05, 0.1) is 13.7 Å². The predicted octanol–water partition coefficient (Wildman–Crippen LogP) is 2.83. The molecule has 128 valence electrons. The van der Waals surface area contributed by atoms with Crippen LogP contribution in [0.4, 0.5) is 0 Å². The zero-order valence-corrected chi connectivity index (χ0v) is 14.1. The molecule has 1 amide bonds. The number of rotatable bonds is 9. The Balaban J connectivity index is 1.63. The number of hydrogen-bond acceptors (Lipinski definition) is 4. The van der Waals surface area contributed by atoms with Crippen molar-refractivity contribution in [2.75, 3.05) is 26.9 Å². The summed E-state index contributed by atoms with van der Waals surface area (Å²) < 4.78 is 16.1. The quantitative estimate of drug-likeness (QED) is 0.719. The van der Waals surface area contributed by atoms with Gasteiger partial charge in [0.2, 0.25) is 0 Å². The van der Waals surface area contributed by atoms with Gasteiger partial charge in [-0.2, -0.15) is 0 Å². The highest BCUT2D eigenvalue weighted by atomic mass is 16.5. The zero-order chi connectivity index (χ0) is 17.2. The molecule has 0 radical (unpaired) electrons. The molecule has 0 saturated carbocycles. The van der Waals surface area contributed by atoms with E-state index in [4.69, 9.17) is 14.2 Å². The highest BCUT2D eigenvalue weighted by Crippen LogP contribution is 2.16. The number of benzene rings is 2. The van der Waals surface area contributed by atoms with Gasteiger partial charge in [0, 0.05) is 0 Å². The largest absolute Gasteiger partial charge is 0.497 e. The molecule has 0 heterocycles. The van der Waals surface area contributed by atoms with Gasteiger partial charge in [0.25, 0.3) is 5.91 Å². The van der Waals surface area contributed by atoms with Gasteiger partial charge in [0.15, 0.2) is 6.61 Å². The van der Waals surface area contributed by atoms with Crippen LogP contribution in [0.1, 0.15) is 12.5 Å². The molecule has 0 fully saturated rings. The van der Waals surface area contributed by atoms with Crippen LogP contribution in [0.25, 0.3) is 0 Å². The van der Waals surface area contributed by atoms with Crippen molar-refractivity contribution in [1.82, 2.24) is 5.32 Å². The number of amides is 1. The molecule has 5 heteroatoms. The number of carbonyl (C=O) groups excluding carboxylic acids is 1. The van der Waals surface area contributed by atoms with E-state index < -0.39 is 0 Å². The molecule has 0 aromatic heterocycles. The minimum absolute atomic E-state index is 0.00426. The van der Waals surface area contributed by atoms with Crippen molar-refractivity contribution in [3.05, 3.63) is 54.1 Å². The van der Waals surface area contributed by atoms with E-state index in [1.165, 1.54) is 5.56 Å². The summed E-state index contributed by atoms with van der Waals surface area (Å²) >= 11 is 0. The summed E-state index contributed by atoms with van der Waals surface area (Å²) in [5.74, 6) is 2.05. The van der Waals surface area contributed by atoms with Crippen molar-refractivity contribution in [3.8, 4) is 17.2 Å². The average molecular weight is 329 g/mol. The van der Waals surface area contributed by atoms with E-state index in [1.807, 2.05) is 48.5 Å². The van der Waals surface area contributed by atoms with E-state index in [0.717, 1.165) is 17.9 Å². The van der Waals surface area contributed by atoms with Crippen LogP contribution in [0, 0.1) is 0 Å². The smallest absolute Gasteiger partial charge is 0.258 e. The molecule has 2 rings (SSSR count). The zero-order valence-electron chi connectivity index (χ0n) is 14.1. The van der Waals surface area contributed by atoms with Gasteiger partial charge in [-0.1, -0.05) is 19.1 Å². The molecule has 0 unspecified atom stereocenters. The number of methoxy groups -OCH3 is 1. The second kappa shape index (κ2) is 9.45. The summed E-state index contributed by atoms with van der Waals surface area (Å²) in [6, 6.07) is 15.0. The molecule has 0 bridgehead atoms. The number of carbonyl (C=O) groups is 1. The Labute approximate surface area is 142 Å². The molecule has 0 aliphatic heterocycles. The SMILES string of the molecule is CCc1cccc(OCC(=O)NCCOc2ccc(OC)cc2)c1. The van der Waals surface area contributed by atoms with E-state index in [-0.39, 0.29) is 12.5 Å². The third-order valence-corrected chi connectivity index (χ3v) is 3.43. The standard InChI is InChI=1S/C19H23NO4/c1-3-15-5-4-6-18(13-15)24-14-19(21)20-11-12-23-17-9-7-16(22-2)8-10-17/h4-10,13H,3,11-12,14H2,1-2H3,(H,20,21). The lowest BCUT2D eigenvalue weighted by molar-refractivity contribution is -0.123. The van der Waals surface area contributed by atoms with E-state index in [2.05, 4.69) is 12.2 Å². The van der Waals surface area contributed by atoms with Gasteiger partial charge in [-0.3, -0.25) is 4.79 Å². The first-order valence-corrected chi connectivity index (χ1v) is 7.96. The fraction of sp³-hybridized carbons (Fsp3) is 0.316. The first-order chi connectivity index (χ1) is 11.7. The number of ether oxygens (including phenoxy) is 3. The average Bonchev–Trinajstić information content (AvgIpc) is 2.64. The second-order valence-corrected chi connectivity index (χ2v) is 5.16. The van der Waals surface area contributed by atoms with Gasteiger partial charge < -0.3 is 19.5 Å². The summed E-state index contributed by atoms with van der Waals surface area (Å²) in [5.41, 5.74) is 1.18. The van der Waals surface area contributed by atoms with Gasteiger partial charge in [-0.25, -0.2) is 0 Å². The van der Waals surface area contributed by atoms with Crippen LogP contribution in [0.15, 0.2) is 48.5 Å². The van der Waals surface area contributed by atoms with Gasteiger partial charge in [-0.15, -0.1) is 0 Å². The summed E-state index contributed by atoms with van der Waals surface area (Å²) in [4.78, 5) is 11.8. The summed E-state index contributed by atoms with van der Waals surface area (Å²) in [5, 5.41) is 2.76. The highest BCUT2D eigenvalue weighted by molar-refractivity contribution is 5.77. The summed E-state index contributed by atoms with van der Waals surface area (Å²) in [7, 11) is 1.62. The lowest BCUT2D eigenvalue weighted by atomic mass is 10.2. The molecule has 0 spiro atoms. The molecule has 24 heavy (non-hydrogen) atoms. The van der Waals surface area contributed by atoms with Crippen LogP contribution in [-0.2, 0) is 11.2 Å². The molecule has 2 aromatic carbocycles. The van der Waals surface area contributed by atoms with E-state index in [0.29, 0.717) is 18.9 Å².